The first-order valence-corrected chi connectivity index (χ1v) is 10.4. The Bertz CT molecular complexity index is 762. The zero-order valence-electron chi connectivity index (χ0n) is 16.9. The van der Waals surface area contributed by atoms with Gasteiger partial charge in [-0.3, -0.25) is 0 Å². The van der Waals surface area contributed by atoms with Crippen molar-refractivity contribution in [2.45, 2.75) is 63.4 Å². The van der Waals surface area contributed by atoms with E-state index in [2.05, 4.69) is 0 Å². The minimum absolute atomic E-state index is 0.158. The highest BCUT2D eigenvalue weighted by atomic mass is 16.6. The molecule has 0 saturated heterocycles. The number of hydrogen-bond donors (Lipinski definition) is 0. The lowest BCUT2D eigenvalue weighted by Gasteiger charge is -2.43. The number of cyclic esters (lactones) is 1. The fraction of sp³-hybridized carbons (Fsp3) is 0.609. The Morgan fingerprint density at radius 3 is 2.71 bits per heavy atom. The monoisotopic (exact) mass is 386 g/mol. The number of hydrogen-bond acceptors (Lipinski definition) is 5. The van der Waals surface area contributed by atoms with Crippen molar-refractivity contribution in [2.75, 3.05) is 20.8 Å². The average molecular weight is 386 g/mol. The van der Waals surface area contributed by atoms with Crippen molar-refractivity contribution in [2.24, 2.45) is 5.92 Å². The second-order valence-electron chi connectivity index (χ2n) is 8.14. The second-order valence-corrected chi connectivity index (χ2v) is 8.14. The van der Waals surface area contributed by atoms with Crippen LogP contribution in [-0.4, -0.2) is 32.4 Å². The summed E-state index contributed by atoms with van der Waals surface area (Å²) in [5, 5.41) is 0. The molecule has 5 nitrogen and oxygen atoms in total. The van der Waals surface area contributed by atoms with Gasteiger partial charge in [0.1, 0.15) is 22.9 Å². The van der Waals surface area contributed by atoms with E-state index in [0.717, 1.165) is 73.3 Å². The van der Waals surface area contributed by atoms with Gasteiger partial charge in [-0.2, -0.15) is 0 Å². The van der Waals surface area contributed by atoms with Gasteiger partial charge in [-0.15, -0.1) is 0 Å². The molecule has 5 heteroatoms. The van der Waals surface area contributed by atoms with Gasteiger partial charge in [-0.25, -0.2) is 4.79 Å². The number of benzene rings is 1. The highest BCUT2D eigenvalue weighted by Gasteiger charge is 2.48. The van der Waals surface area contributed by atoms with Gasteiger partial charge < -0.3 is 18.9 Å². The van der Waals surface area contributed by atoms with Gasteiger partial charge in [-0.1, -0.05) is 18.9 Å². The third-order valence-corrected chi connectivity index (χ3v) is 6.60. The minimum atomic E-state index is -0.464. The van der Waals surface area contributed by atoms with E-state index in [9.17, 15) is 4.79 Å². The van der Waals surface area contributed by atoms with Gasteiger partial charge in [0.25, 0.3) is 0 Å². The molecule has 3 aliphatic rings. The van der Waals surface area contributed by atoms with E-state index in [1.54, 1.807) is 14.2 Å². The Labute approximate surface area is 167 Å². The molecular formula is C23H30O5. The second kappa shape index (κ2) is 8.06. The summed E-state index contributed by atoms with van der Waals surface area (Å²) in [6.45, 7) is 0.708. The number of aryl methyl sites for hydroxylation is 1. The Hall–Kier alpha value is -2.17. The van der Waals surface area contributed by atoms with Crippen LogP contribution in [0.1, 0.15) is 56.9 Å². The maximum atomic E-state index is 12.8. The van der Waals surface area contributed by atoms with E-state index in [4.69, 9.17) is 18.9 Å². The molecule has 0 aromatic heterocycles. The average Bonchev–Trinajstić information content (AvgIpc) is 3.28. The quantitative estimate of drug-likeness (QED) is 0.670. The number of rotatable bonds is 6. The number of carbonyl (C=O) groups excluding carboxylic acids is 1. The molecule has 1 aliphatic carbocycles. The van der Waals surface area contributed by atoms with Crippen molar-refractivity contribution >= 4 is 5.97 Å². The summed E-state index contributed by atoms with van der Waals surface area (Å²) in [6, 6.07) is 5.92. The van der Waals surface area contributed by atoms with Crippen LogP contribution >= 0.6 is 0 Å². The molecule has 1 fully saturated rings. The lowest BCUT2D eigenvalue weighted by atomic mass is 9.76. The van der Waals surface area contributed by atoms with E-state index in [-0.39, 0.29) is 5.97 Å². The SMILES string of the molecule is COc1ccc(CCC2(C3CCCC3)CC3=C(CCCO3)C(=O)O2)c(OC)c1. The molecule has 1 aromatic carbocycles. The number of esters is 1. The third kappa shape index (κ3) is 3.59. The molecular weight excluding hydrogens is 356 g/mol. The van der Waals surface area contributed by atoms with Crippen LogP contribution in [0.5, 0.6) is 11.5 Å². The molecule has 2 aliphatic heterocycles. The fourth-order valence-electron chi connectivity index (χ4n) is 5.03. The van der Waals surface area contributed by atoms with Crippen molar-refractivity contribution in [1.29, 1.82) is 0 Å². The highest BCUT2D eigenvalue weighted by molar-refractivity contribution is 5.90. The Morgan fingerprint density at radius 2 is 1.96 bits per heavy atom. The number of methoxy groups -OCH3 is 2. The first kappa shape index (κ1) is 19.2. The Kier molecular flexibility index (Phi) is 5.51. The normalized spacial score (nSPS) is 25.1. The van der Waals surface area contributed by atoms with Gasteiger partial charge in [0.15, 0.2) is 0 Å². The zero-order chi connectivity index (χ0) is 19.6. The molecule has 1 unspecified atom stereocenters. The molecule has 0 N–H and O–H groups in total. The molecule has 0 amide bonds. The fourth-order valence-corrected chi connectivity index (χ4v) is 5.03. The molecule has 28 heavy (non-hydrogen) atoms. The molecule has 0 radical (unpaired) electrons. The van der Waals surface area contributed by atoms with Crippen molar-refractivity contribution in [3.63, 3.8) is 0 Å². The van der Waals surface area contributed by atoms with Crippen LogP contribution < -0.4 is 9.47 Å². The lowest BCUT2D eigenvalue weighted by molar-refractivity contribution is -0.169. The lowest BCUT2D eigenvalue weighted by Crippen LogP contribution is -2.47. The molecule has 4 rings (SSSR count). The van der Waals surface area contributed by atoms with Crippen LogP contribution in [0.4, 0.5) is 0 Å². The van der Waals surface area contributed by atoms with Gasteiger partial charge in [0.05, 0.1) is 26.4 Å². The smallest absolute Gasteiger partial charge is 0.337 e. The molecule has 0 bridgehead atoms. The summed E-state index contributed by atoms with van der Waals surface area (Å²) in [5.74, 6) is 2.73. The molecule has 2 heterocycles. The van der Waals surface area contributed by atoms with E-state index in [0.29, 0.717) is 12.5 Å². The van der Waals surface area contributed by atoms with Crippen molar-refractivity contribution in [1.82, 2.24) is 0 Å². The van der Waals surface area contributed by atoms with Crippen molar-refractivity contribution < 1.29 is 23.7 Å². The van der Waals surface area contributed by atoms with Crippen LogP contribution in [-0.2, 0) is 20.7 Å². The summed E-state index contributed by atoms with van der Waals surface area (Å²) >= 11 is 0. The minimum Gasteiger partial charge on any atom is -0.497 e. The first-order chi connectivity index (χ1) is 13.6. The number of carbonyl (C=O) groups is 1. The van der Waals surface area contributed by atoms with Gasteiger partial charge >= 0.3 is 5.97 Å². The largest absolute Gasteiger partial charge is 0.497 e. The van der Waals surface area contributed by atoms with E-state index in [1.165, 1.54) is 12.8 Å². The Balaban J connectivity index is 1.60. The van der Waals surface area contributed by atoms with Crippen molar-refractivity contribution in [3.8, 4) is 11.5 Å². The van der Waals surface area contributed by atoms with Crippen LogP contribution in [0, 0.1) is 5.92 Å². The summed E-state index contributed by atoms with van der Waals surface area (Å²) < 4.78 is 23.0. The topological polar surface area (TPSA) is 54.0 Å². The van der Waals surface area contributed by atoms with Gasteiger partial charge in [0.2, 0.25) is 0 Å². The molecule has 0 spiro atoms. The molecule has 1 aromatic rings. The summed E-state index contributed by atoms with van der Waals surface area (Å²) in [5.41, 5.74) is 1.41. The summed E-state index contributed by atoms with van der Waals surface area (Å²) in [6.07, 6.45) is 8.63. The van der Waals surface area contributed by atoms with E-state index in [1.807, 2.05) is 18.2 Å². The maximum absolute atomic E-state index is 12.8. The molecule has 152 valence electrons. The van der Waals surface area contributed by atoms with Crippen LogP contribution in [0.3, 0.4) is 0 Å². The van der Waals surface area contributed by atoms with Crippen LogP contribution in [0.2, 0.25) is 0 Å². The highest BCUT2D eigenvalue weighted by Crippen LogP contribution is 2.47. The van der Waals surface area contributed by atoms with Crippen LogP contribution in [0.15, 0.2) is 29.5 Å². The predicted molar refractivity (Wildman–Crippen MR) is 105 cm³/mol. The standard InChI is InChI=1S/C23H30O5/c1-25-18-10-9-16(20(14-18)26-2)11-12-23(17-6-3-4-7-17)15-21-19(22(24)28-23)8-5-13-27-21/h9-10,14,17H,3-8,11-13,15H2,1-2H3. The van der Waals surface area contributed by atoms with Gasteiger partial charge in [-0.05, 0) is 56.1 Å². The van der Waals surface area contributed by atoms with Crippen LogP contribution in [0.25, 0.3) is 0 Å². The van der Waals surface area contributed by atoms with E-state index >= 15 is 0 Å². The Morgan fingerprint density at radius 1 is 1.14 bits per heavy atom. The first-order valence-electron chi connectivity index (χ1n) is 10.4. The predicted octanol–water partition coefficient (Wildman–Crippen LogP) is 4.58. The zero-order valence-corrected chi connectivity index (χ0v) is 16.9. The van der Waals surface area contributed by atoms with E-state index < -0.39 is 5.60 Å². The maximum Gasteiger partial charge on any atom is 0.337 e. The molecule has 1 atom stereocenters. The van der Waals surface area contributed by atoms with Crippen molar-refractivity contribution in [3.05, 3.63) is 35.1 Å². The summed E-state index contributed by atoms with van der Waals surface area (Å²) in [7, 11) is 3.33. The summed E-state index contributed by atoms with van der Waals surface area (Å²) in [4.78, 5) is 12.8. The molecule has 1 saturated carbocycles. The number of ether oxygens (including phenoxy) is 4. The third-order valence-electron chi connectivity index (χ3n) is 6.60. The van der Waals surface area contributed by atoms with Gasteiger partial charge in [0, 0.05) is 12.5 Å².